The molecule has 40 heavy (non-hydrogen) atoms. The van der Waals surface area contributed by atoms with Gasteiger partial charge in [-0.15, -0.1) is 0 Å². The van der Waals surface area contributed by atoms with Gasteiger partial charge in [0, 0.05) is 24.5 Å². The van der Waals surface area contributed by atoms with Crippen LogP contribution in [0.1, 0.15) is 36.1 Å². The minimum absolute atomic E-state index is 0.143. The second kappa shape index (κ2) is 13.8. The van der Waals surface area contributed by atoms with Crippen LogP contribution in [0.2, 0.25) is 5.02 Å². The van der Waals surface area contributed by atoms with Crippen LogP contribution in [0, 0.1) is 19.8 Å². The fourth-order valence-electron chi connectivity index (χ4n) is 4.48. The molecule has 3 aromatic rings. The number of hydrogen-bond donors (Lipinski definition) is 1. The summed E-state index contributed by atoms with van der Waals surface area (Å²) in [4.78, 5) is 29.3. The number of anilines is 1. The van der Waals surface area contributed by atoms with Gasteiger partial charge in [-0.3, -0.25) is 13.9 Å². The molecule has 9 heteroatoms. The summed E-state index contributed by atoms with van der Waals surface area (Å²) in [7, 11) is -3.85. The molecule has 0 heterocycles. The molecule has 1 atom stereocenters. The second-order valence-corrected chi connectivity index (χ2v) is 12.9. The number of nitrogens with zero attached hydrogens (tertiary/aromatic N) is 2. The lowest BCUT2D eigenvalue weighted by Crippen LogP contribution is -2.53. The van der Waals surface area contributed by atoms with E-state index in [-0.39, 0.29) is 24.8 Å². The molecule has 3 rings (SSSR count). The maximum absolute atomic E-state index is 14.1. The molecular weight excluding hydrogens is 546 g/mol. The van der Waals surface area contributed by atoms with E-state index < -0.39 is 28.5 Å². The van der Waals surface area contributed by atoms with Crippen LogP contribution in [0.5, 0.6) is 0 Å². The van der Waals surface area contributed by atoms with Gasteiger partial charge in [-0.1, -0.05) is 85.6 Å². The molecule has 0 bridgehead atoms. The molecular formula is C31H38ClN3O4S. The number of benzene rings is 3. The molecule has 1 N–H and O–H groups in total. The number of hydrogen-bond acceptors (Lipinski definition) is 4. The Kier molecular flexibility index (Phi) is 10.8. The van der Waals surface area contributed by atoms with E-state index in [1.807, 2.05) is 75.4 Å². The van der Waals surface area contributed by atoms with Crippen molar-refractivity contribution in [3.63, 3.8) is 0 Å². The summed E-state index contributed by atoms with van der Waals surface area (Å²) in [5.74, 6) is -0.551. The van der Waals surface area contributed by atoms with Gasteiger partial charge in [0.1, 0.15) is 12.6 Å². The van der Waals surface area contributed by atoms with Gasteiger partial charge in [0.15, 0.2) is 0 Å². The molecule has 0 aliphatic carbocycles. The van der Waals surface area contributed by atoms with Gasteiger partial charge >= 0.3 is 0 Å². The van der Waals surface area contributed by atoms with E-state index in [4.69, 9.17) is 11.6 Å². The lowest BCUT2D eigenvalue weighted by molar-refractivity contribution is -0.140. The minimum atomic E-state index is -3.85. The zero-order valence-electron chi connectivity index (χ0n) is 23.7. The fourth-order valence-corrected chi connectivity index (χ4v) is 5.61. The van der Waals surface area contributed by atoms with Gasteiger partial charge in [-0.05, 0) is 54.7 Å². The summed E-state index contributed by atoms with van der Waals surface area (Å²) >= 11 is 6.11. The Morgan fingerprint density at radius 3 is 2.20 bits per heavy atom. The maximum atomic E-state index is 14.1. The summed E-state index contributed by atoms with van der Waals surface area (Å²) in [6, 6.07) is 21.2. The van der Waals surface area contributed by atoms with Crippen LogP contribution in [0.3, 0.4) is 0 Å². The smallest absolute Gasteiger partial charge is 0.244 e. The van der Waals surface area contributed by atoms with E-state index in [2.05, 4.69) is 5.32 Å². The monoisotopic (exact) mass is 583 g/mol. The summed E-state index contributed by atoms with van der Waals surface area (Å²) in [5, 5.41) is 3.45. The average Bonchev–Trinajstić information content (AvgIpc) is 2.88. The highest BCUT2D eigenvalue weighted by molar-refractivity contribution is 7.92. The van der Waals surface area contributed by atoms with E-state index in [0.29, 0.717) is 22.8 Å². The Bertz CT molecular complexity index is 1430. The van der Waals surface area contributed by atoms with Gasteiger partial charge in [0.05, 0.1) is 11.9 Å². The highest BCUT2D eigenvalue weighted by Crippen LogP contribution is 2.26. The Morgan fingerprint density at radius 2 is 1.60 bits per heavy atom. The topological polar surface area (TPSA) is 86.8 Å². The molecule has 7 nitrogen and oxygen atoms in total. The van der Waals surface area contributed by atoms with Crippen molar-refractivity contribution in [3.8, 4) is 0 Å². The third-order valence-electron chi connectivity index (χ3n) is 6.50. The summed E-state index contributed by atoms with van der Waals surface area (Å²) < 4.78 is 27.0. The molecule has 0 spiro atoms. The van der Waals surface area contributed by atoms with Crippen LogP contribution < -0.4 is 9.62 Å². The number of carbonyl (C=O) groups excluding carboxylic acids is 2. The van der Waals surface area contributed by atoms with Crippen LogP contribution in [-0.2, 0) is 32.6 Å². The second-order valence-electron chi connectivity index (χ2n) is 10.6. The number of aryl methyl sites for hydroxylation is 2. The number of sulfonamides is 1. The highest BCUT2D eigenvalue weighted by Gasteiger charge is 2.33. The van der Waals surface area contributed by atoms with Gasteiger partial charge in [-0.25, -0.2) is 8.42 Å². The number of nitrogens with one attached hydrogen (secondary N) is 1. The Balaban J connectivity index is 2.07. The van der Waals surface area contributed by atoms with Crippen LogP contribution in [0.4, 0.5) is 5.69 Å². The van der Waals surface area contributed by atoms with Crippen molar-refractivity contribution in [1.29, 1.82) is 0 Å². The average molecular weight is 584 g/mol. The summed E-state index contributed by atoms with van der Waals surface area (Å²) in [6.45, 7) is 7.84. The summed E-state index contributed by atoms with van der Waals surface area (Å²) in [6.07, 6.45) is 1.34. The zero-order valence-corrected chi connectivity index (χ0v) is 25.3. The molecule has 2 amide bonds. The first-order valence-corrected chi connectivity index (χ1v) is 15.5. The Morgan fingerprint density at radius 1 is 0.925 bits per heavy atom. The lowest BCUT2D eigenvalue weighted by atomic mass is 10.0. The van der Waals surface area contributed by atoms with Gasteiger partial charge in [0.25, 0.3) is 0 Å². The SMILES string of the molecule is Cc1cccc(CN(C(=O)CN(c2ccc(Cl)cc2C)S(C)(=O)=O)[C@@H](Cc2ccccc2)C(=O)NCC(C)C)c1. The largest absolute Gasteiger partial charge is 0.354 e. The molecule has 0 saturated heterocycles. The van der Waals surface area contributed by atoms with Gasteiger partial charge in [0.2, 0.25) is 21.8 Å². The third-order valence-corrected chi connectivity index (χ3v) is 7.86. The van der Waals surface area contributed by atoms with Crippen molar-refractivity contribution in [3.05, 3.63) is 100 Å². The van der Waals surface area contributed by atoms with Crippen molar-refractivity contribution in [2.75, 3.05) is 23.7 Å². The molecule has 0 fully saturated rings. The van der Waals surface area contributed by atoms with Crippen LogP contribution in [0.25, 0.3) is 0 Å². The molecule has 0 unspecified atom stereocenters. The van der Waals surface area contributed by atoms with Gasteiger partial charge < -0.3 is 10.2 Å². The van der Waals surface area contributed by atoms with Crippen molar-refractivity contribution < 1.29 is 18.0 Å². The predicted molar refractivity (Wildman–Crippen MR) is 162 cm³/mol. The molecule has 0 aliphatic rings. The standard InChI is InChI=1S/C31H38ClN3O4S/c1-22(2)19-33-31(37)29(18-25-11-7-6-8-12-25)34(20-26-13-9-10-23(3)16-26)30(36)21-35(40(5,38)39)28-15-14-27(32)17-24(28)4/h6-17,22,29H,18-21H2,1-5H3,(H,33,37)/t29-/m0/s1. The summed E-state index contributed by atoms with van der Waals surface area (Å²) in [5.41, 5.74) is 3.73. The minimum Gasteiger partial charge on any atom is -0.354 e. The van der Waals surface area contributed by atoms with Crippen LogP contribution in [0.15, 0.2) is 72.8 Å². The van der Waals surface area contributed by atoms with E-state index in [1.54, 1.807) is 25.1 Å². The first-order valence-electron chi connectivity index (χ1n) is 13.3. The Labute approximate surface area is 243 Å². The molecule has 0 radical (unpaired) electrons. The first-order chi connectivity index (χ1) is 18.8. The van der Waals surface area contributed by atoms with E-state index in [0.717, 1.165) is 27.3 Å². The molecule has 214 valence electrons. The normalized spacial score (nSPS) is 12.2. The van der Waals surface area contributed by atoms with Crippen molar-refractivity contribution >= 4 is 39.1 Å². The number of rotatable bonds is 12. The highest BCUT2D eigenvalue weighted by atomic mass is 35.5. The van der Waals surface area contributed by atoms with Crippen molar-refractivity contribution in [2.45, 2.75) is 46.7 Å². The maximum Gasteiger partial charge on any atom is 0.244 e. The van der Waals surface area contributed by atoms with Crippen molar-refractivity contribution in [2.24, 2.45) is 5.92 Å². The van der Waals surface area contributed by atoms with Gasteiger partial charge in [-0.2, -0.15) is 0 Å². The molecule has 0 saturated carbocycles. The van der Waals surface area contributed by atoms with Crippen LogP contribution >= 0.6 is 11.6 Å². The quantitative estimate of drug-likeness (QED) is 0.320. The molecule has 0 aromatic heterocycles. The zero-order chi connectivity index (χ0) is 29.4. The molecule has 0 aliphatic heterocycles. The van der Waals surface area contributed by atoms with E-state index in [9.17, 15) is 18.0 Å². The van der Waals surface area contributed by atoms with E-state index in [1.165, 1.54) is 4.90 Å². The first kappa shape index (κ1) is 31.2. The van der Waals surface area contributed by atoms with Crippen LogP contribution in [-0.4, -0.2) is 50.5 Å². The predicted octanol–water partition coefficient (Wildman–Crippen LogP) is 5.14. The third kappa shape index (κ3) is 8.83. The number of amides is 2. The van der Waals surface area contributed by atoms with E-state index >= 15 is 0 Å². The molecule has 3 aromatic carbocycles. The Hall–Kier alpha value is -3.36. The number of halogens is 1. The lowest BCUT2D eigenvalue weighted by Gasteiger charge is -2.34. The van der Waals surface area contributed by atoms with Crippen molar-refractivity contribution in [1.82, 2.24) is 10.2 Å². The fraction of sp³-hybridized carbons (Fsp3) is 0.355. The number of carbonyl (C=O) groups is 2.